The van der Waals surface area contributed by atoms with Crippen LogP contribution in [-0.4, -0.2) is 14.9 Å². The molecule has 3 nitrogen and oxygen atoms in total. The fourth-order valence-electron chi connectivity index (χ4n) is 2.09. The first kappa shape index (κ1) is 13.7. The fraction of sp³-hybridized carbons (Fsp3) is 0.400. The van der Waals surface area contributed by atoms with Crippen LogP contribution < -0.4 is 0 Å². The maximum absolute atomic E-state index is 13.6. The minimum absolute atomic E-state index is 0.279. The number of nitrogens with zero attached hydrogens (tertiary/aromatic N) is 2. The smallest absolute Gasteiger partial charge is 0.126 e. The number of aryl methyl sites for hydroxylation is 3. The fourth-order valence-corrected chi connectivity index (χ4v) is 2.09. The molecular weight excluding hydrogens is 243 g/mol. The maximum Gasteiger partial charge on any atom is 0.126 e. The van der Waals surface area contributed by atoms with E-state index >= 15 is 0 Å². The SMILES string of the molecule is Cc1ccc(C(C)(O)CCc2ccnn2C)cc1F. The lowest BCUT2D eigenvalue weighted by molar-refractivity contribution is 0.0472. The van der Waals surface area contributed by atoms with Gasteiger partial charge in [0.2, 0.25) is 0 Å². The van der Waals surface area contributed by atoms with Crippen molar-refractivity contribution in [2.75, 3.05) is 0 Å². The summed E-state index contributed by atoms with van der Waals surface area (Å²) in [5.41, 5.74) is 1.20. The van der Waals surface area contributed by atoms with E-state index < -0.39 is 5.60 Å². The zero-order chi connectivity index (χ0) is 14.0. The van der Waals surface area contributed by atoms with E-state index in [9.17, 15) is 9.50 Å². The second kappa shape index (κ2) is 5.13. The van der Waals surface area contributed by atoms with E-state index in [1.54, 1.807) is 36.9 Å². The summed E-state index contributed by atoms with van der Waals surface area (Å²) in [7, 11) is 1.87. The van der Waals surface area contributed by atoms with Crippen molar-refractivity contribution in [2.45, 2.75) is 32.3 Å². The van der Waals surface area contributed by atoms with Gasteiger partial charge in [-0.25, -0.2) is 4.39 Å². The molecule has 0 saturated carbocycles. The number of rotatable bonds is 4. The summed E-state index contributed by atoms with van der Waals surface area (Å²) in [5.74, 6) is -0.279. The molecule has 0 radical (unpaired) electrons. The van der Waals surface area contributed by atoms with Gasteiger partial charge in [-0.15, -0.1) is 0 Å². The van der Waals surface area contributed by atoms with Crippen molar-refractivity contribution >= 4 is 0 Å². The molecule has 0 fully saturated rings. The lowest BCUT2D eigenvalue weighted by Crippen LogP contribution is -2.22. The number of aliphatic hydroxyl groups is 1. The third-order valence-electron chi connectivity index (χ3n) is 3.58. The molecule has 1 aromatic carbocycles. The highest BCUT2D eigenvalue weighted by atomic mass is 19.1. The van der Waals surface area contributed by atoms with Crippen molar-refractivity contribution in [2.24, 2.45) is 7.05 Å². The van der Waals surface area contributed by atoms with E-state index in [0.717, 1.165) is 5.69 Å². The molecule has 1 aromatic heterocycles. The summed E-state index contributed by atoms with van der Waals surface area (Å²) >= 11 is 0. The topological polar surface area (TPSA) is 38.1 Å². The van der Waals surface area contributed by atoms with Crippen molar-refractivity contribution in [1.82, 2.24) is 9.78 Å². The van der Waals surface area contributed by atoms with Gasteiger partial charge in [-0.05, 0) is 49.9 Å². The van der Waals surface area contributed by atoms with Crippen molar-refractivity contribution < 1.29 is 9.50 Å². The van der Waals surface area contributed by atoms with Crippen molar-refractivity contribution in [3.63, 3.8) is 0 Å². The second-order valence-corrected chi connectivity index (χ2v) is 5.18. The highest BCUT2D eigenvalue weighted by Crippen LogP contribution is 2.27. The second-order valence-electron chi connectivity index (χ2n) is 5.18. The molecule has 102 valence electrons. The van der Waals surface area contributed by atoms with Crippen molar-refractivity contribution in [1.29, 1.82) is 0 Å². The van der Waals surface area contributed by atoms with Crippen LogP contribution in [0, 0.1) is 12.7 Å². The lowest BCUT2D eigenvalue weighted by atomic mass is 9.90. The minimum Gasteiger partial charge on any atom is -0.385 e. The molecule has 0 spiro atoms. The van der Waals surface area contributed by atoms with Crippen LogP contribution in [0.1, 0.15) is 30.2 Å². The largest absolute Gasteiger partial charge is 0.385 e. The van der Waals surface area contributed by atoms with Gasteiger partial charge in [0.1, 0.15) is 5.82 Å². The molecule has 4 heteroatoms. The average Bonchev–Trinajstić information content (AvgIpc) is 2.76. The van der Waals surface area contributed by atoms with E-state index in [4.69, 9.17) is 0 Å². The summed E-state index contributed by atoms with van der Waals surface area (Å²) in [6.07, 6.45) is 2.95. The molecule has 1 N–H and O–H groups in total. The van der Waals surface area contributed by atoms with Gasteiger partial charge in [-0.2, -0.15) is 5.10 Å². The van der Waals surface area contributed by atoms with Gasteiger partial charge in [0.15, 0.2) is 0 Å². The van der Waals surface area contributed by atoms with Gasteiger partial charge in [0.05, 0.1) is 5.60 Å². The minimum atomic E-state index is -1.04. The third kappa shape index (κ3) is 3.01. The Balaban J connectivity index is 2.13. The Morgan fingerprint density at radius 2 is 2.11 bits per heavy atom. The molecule has 2 aromatic rings. The molecular formula is C15H19FN2O. The van der Waals surface area contributed by atoms with Crippen LogP contribution >= 0.6 is 0 Å². The van der Waals surface area contributed by atoms with Crippen LogP contribution in [0.5, 0.6) is 0 Å². The number of hydrogen-bond donors (Lipinski definition) is 1. The Hall–Kier alpha value is -1.68. The first-order chi connectivity index (χ1) is 8.90. The Morgan fingerprint density at radius 1 is 1.37 bits per heavy atom. The first-order valence-electron chi connectivity index (χ1n) is 6.36. The van der Waals surface area contributed by atoms with Crippen molar-refractivity contribution in [3.8, 4) is 0 Å². The highest BCUT2D eigenvalue weighted by Gasteiger charge is 2.24. The molecule has 1 heterocycles. The third-order valence-corrected chi connectivity index (χ3v) is 3.58. The maximum atomic E-state index is 13.6. The summed E-state index contributed by atoms with van der Waals surface area (Å²) in [6, 6.07) is 6.81. The molecule has 0 bridgehead atoms. The zero-order valence-electron chi connectivity index (χ0n) is 11.5. The Bertz CT molecular complexity index is 575. The molecule has 0 saturated heterocycles. The summed E-state index contributed by atoms with van der Waals surface area (Å²) in [6.45, 7) is 3.43. The molecule has 0 amide bonds. The Morgan fingerprint density at radius 3 is 2.68 bits per heavy atom. The highest BCUT2D eigenvalue weighted by molar-refractivity contribution is 5.27. The van der Waals surface area contributed by atoms with Gasteiger partial charge in [0.25, 0.3) is 0 Å². The molecule has 1 unspecified atom stereocenters. The Kier molecular flexibility index (Phi) is 3.71. The zero-order valence-corrected chi connectivity index (χ0v) is 11.5. The summed E-state index contributed by atoms with van der Waals surface area (Å²) in [5, 5.41) is 14.6. The van der Waals surface area contributed by atoms with Crippen LogP contribution in [0.2, 0.25) is 0 Å². The van der Waals surface area contributed by atoms with Crippen molar-refractivity contribution in [3.05, 3.63) is 53.1 Å². The summed E-state index contributed by atoms with van der Waals surface area (Å²) in [4.78, 5) is 0. The van der Waals surface area contributed by atoms with Crippen LogP contribution in [-0.2, 0) is 19.1 Å². The van der Waals surface area contributed by atoms with Gasteiger partial charge in [0, 0.05) is 18.9 Å². The number of aromatic nitrogens is 2. The van der Waals surface area contributed by atoms with E-state index in [-0.39, 0.29) is 5.82 Å². The van der Waals surface area contributed by atoms with E-state index in [1.807, 2.05) is 13.1 Å². The van der Waals surface area contributed by atoms with Gasteiger partial charge >= 0.3 is 0 Å². The molecule has 1 atom stereocenters. The van der Waals surface area contributed by atoms with Gasteiger partial charge in [-0.3, -0.25) is 4.68 Å². The molecule has 0 aliphatic rings. The van der Waals surface area contributed by atoms with E-state index in [0.29, 0.717) is 24.0 Å². The predicted octanol–water partition coefficient (Wildman–Crippen LogP) is 2.71. The quantitative estimate of drug-likeness (QED) is 0.920. The normalized spacial score (nSPS) is 14.4. The summed E-state index contributed by atoms with van der Waals surface area (Å²) < 4.78 is 15.3. The Labute approximate surface area is 112 Å². The lowest BCUT2D eigenvalue weighted by Gasteiger charge is -2.24. The van der Waals surface area contributed by atoms with Crippen LogP contribution in [0.25, 0.3) is 0 Å². The van der Waals surface area contributed by atoms with Crippen LogP contribution in [0.15, 0.2) is 30.5 Å². The van der Waals surface area contributed by atoms with Crippen LogP contribution in [0.3, 0.4) is 0 Å². The standard InChI is InChI=1S/C15H19FN2O/c1-11-4-5-12(10-14(11)16)15(2,19)8-6-13-7-9-17-18(13)3/h4-5,7,9-10,19H,6,8H2,1-3H3. The first-order valence-corrected chi connectivity index (χ1v) is 6.36. The van der Waals surface area contributed by atoms with E-state index in [2.05, 4.69) is 5.10 Å². The number of halogens is 1. The number of hydrogen-bond acceptors (Lipinski definition) is 2. The molecule has 0 aliphatic carbocycles. The van der Waals surface area contributed by atoms with Gasteiger partial charge < -0.3 is 5.11 Å². The molecule has 19 heavy (non-hydrogen) atoms. The molecule has 0 aliphatic heterocycles. The number of benzene rings is 1. The van der Waals surface area contributed by atoms with Crippen LogP contribution in [0.4, 0.5) is 4.39 Å². The average molecular weight is 262 g/mol. The molecule has 2 rings (SSSR count). The predicted molar refractivity (Wildman–Crippen MR) is 72.2 cm³/mol. The monoisotopic (exact) mass is 262 g/mol. The van der Waals surface area contributed by atoms with E-state index in [1.165, 1.54) is 6.07 Å². The van der Waals surface area contributed by atoms with Gasteiger partial charge in [-0.1, -0.05) is 12.1 Å².